The molecule has 3 heterocycles. The molecule has 43 heavy (non-hydrogen) atoms. The van der Waals surface area contributed by atoms with Crippen LogP contribution in [0.25, 0.3) is 0 Å². The number of ether oxygens (including phenoxy) is 2. The highest BCUT2D eigenvalue weighted by Gasteiger charge is 2.54. The Morgan fingerprint density at radius 3 is 2.26 bits per heavy atom. The Hall–Kier alpha value is -3.71. The highest BCUT2D eigenvalue weighted by molar-refractivity contribution is 6.07. The van der Waals surface area contributed by atoms with E-state index in [-0.39, 0.29) is 18.1 Å². The number of rotatable bonds is 11. The fourth-order valence-corrected chi connectivity index (χ4v) is 6.86. The van der Waals surface area contributed by atoms with E-state index in [2.05, 4.69) is 103 Å². The first-order valence-corrected chi connectivity index (χ1v) is 15.8. The van der Waals surface area contributed by atoms with Crippen molar-refractivity contribution in [2.75, 3.05) is 36.9 Å². The van der Waals surface area contributed by atoms with Crippen LogP contribution < -0.4 is 10.6 Å². The van der Waals surface area contributed by atoms with Gasteiger partial charge in [-0.1, -0.05) is 87.5 Å². The lowest BCUT2D eigenvalue weighted by Gasteiger charge is -2.37. The average Bonchev–Trinajstić information content (AvgIpc) is 3.63. The van der Waals surface area contributed by atoms with E-state index in [0.717, 1.165) is 84.9 Å². The maximum absolute atomic E-state index is 14.1. The minimum atomic E-state index is -0.772. The fraction of sp³-hybridized carbons (Fsp3) is 0.378. The molecule has 1 amide bonds. The Balaban J connectivity index is 1.35. The molecule has 3 atom stereocenters. The second kappa shape index (κ2) is 12.9. The summed E-state index contributed by atoms with van der Waals surface area (Å²) < 4.78 is 12.4. The van der Waals surface area contributed by atoms with E-state index in [4.69, 9.17) is 9.47 Å². The topological polar surface area (TPSA) is 62.8 Å². The second-order valence-electron chi connectivity index (χ2n) is 11.6. The molecule has 6 heteroatoms. The quantitative estimate of drug-likeness (QED) is 0.244. The number of amides is 1. The summed E-state index contributed by atoms with van der Waals surface area (Å²) in [6.45, 7) is 10.8. The van der Waals surface area contributed by atoms with Crippen molar-refractivity contribution < 1.29 is 14.3 Å². The molecular formula is C37H43N3O3. The molecule has 224 valence electrons. The number of hydrogen-bond donors (Lipinski definition) is 2. The van der Waals surface area contributed by atoms with Crippen LogP contribution in [0.1, 0.15) is 55.5 Å². The summed E-state index contributed by atoms with van der Waals surface area (Å²) in [5.41, 5.74) is 7.66. The molecule has 2 bridgehead atoms. The summed E-state index contributed by atoms with van der Waals surface area (Å²) in [6, 6.07) is 25.2. The highest BCUT2D eigenvalue weighted by atomic mass is 16.5. The van der Waals surface area contributed by atoms with Crippen molar-refractivity contribution in [1.29, 1.82) is 0 Å². The molecule has 0 spiro atoms. The third kappa shape index (κ3) is 5.79. The molecule has 3 aromatic carbocycles. The van der Waals surface area contributed by atoms with Crippen LogP contribution in [0.2, 0.25) is 0 Å². The number of para-hydroxylation sites is 2. The largest absolute Gasteiger partial charge is 0.379 e. The van der Waals surface area contributed by atoms with Crippen molar-refractivity contribution in [3.63, 3.8) is 0 Å². The summed E-state index contributed by atoms with van der Waals surface area (Å²) in [7, 11) is 0. The van der Waals surface area contributed by atoms with Crippen LogP contribution in [0.5, 0.6) is 0 Å². The Morgan fingerprint density at radius 1 is 0.907 bits per heavy atom. The van der Waals surface area contributed by atoms with Crippen molar-refractivity contribution in [2.24, 2.45) is 0 Å². The van der Waals surface area contributed by atoms with Crippen LogP contribution in [0.3, 0.4) is 0 Å². The van der Waals surface area contributed by atoms with Crippen molar-refractivity contribution in [3.8, 4) is 0 Å². The van der Waals surface area contributed by atoms with Gasteiger partial charge in [0.15, 0.2) is 0 Å². The van der Waals surface area contributed by atoms with Gasteiger partial charge in [-0.15, -0.1) is 0 Å². The number of hydrogen-bond acceptors (Lipinski definition) is 5. The standard InChI is InChI=1S/C37H43N3O3/c1-4-27-11-10-12-28(5-2)34(27)39-36(41)33-31(6-3)37(20-19-32(33)43-37)35(38-30-13-8-7-9-14-30)29-17-15-26(16-18-29)25-40-21-23-42-24-22-40/h7-20,32,35,38H,4-6,21-25H2,1-3H3,(H,39,41). The molecule has 2 N–H and O–H groups in total. The van der Waals surface area contributed by atoms with Crippen LogP contribution in [0, 0.1) is 0 Å². The van der Waals surface area contributed by atoms with E-state index >= 15 is 0 Å². The Morgan fingerprint density at radius 2 is 1.60 bits per heavy atom. The molecule has 3 aliphatic rings. The number of aryl methyl sites for hydroxylation is 2. The molecule has 6 nitrogen and oxygen atoms in total. The van der Waals surface area contributed by atoms with E-state index < -0.39 is 5.60 Å². The number of fused-ring (bicyclic) bond motifs is 2. The van der Waals surface area contributed by atoms with E-state index in [1.807, 2.05) is 18.2 Å². The second-order valence-corrected chi connectivity index (χ2v) is 11.6. The molecule has 0 aliphatic carbocycles. The SMILES string of the molecule is CCC1=C(C(=O)Nc2c(CC)cccc2CC)C2C=CC1(C(Nc1ccccc1)c1ccc(CN3CCOCC3)cc1)O2. The number of benzene rings is 3. The molecule has 3 aliphatic heterocycles. The minimum absolute atomic E-state index is 0.0667. The summed E-state index contributed by atoms with van der Waals surface area (Å²) >= 11 is 0. The molecule has 6 rings (SSSR count). The fourth-order valence-electron chi connectivity index (χ4n) is 6.86. The first kappa shape index (κ1) is 29.4. The summed E-state index contributed by atoms with van der Waals surface area (Å²) in [6.07, 6.45) is 6.28. The van der Waals surface area contributed by atoms with Gasteiger partial charge in [0.2, 0.25) is 0 Å². The van der Waals surface area contributed by atoms with Gasteiger partial charge in [0.25, 0.3) is 5.91 Å². The lowest BCUT2D eigenvalue weighted by Crippen LogP contribution is -2.40. The number of nitrogens with one attached hydrogen (secondary N) is 2. The number of carbonyl (C=O) groups excluding carboxylic acids is 1. The number of anilines is 2. The Labute approximate surface area is 255 Å². The van der Waals surface area contributed by atoms with Gasteiger partial charge in [0, 0.05) is 31.0 Å². The average molecular weight is 578 g/mol. The van der Waals surface area contributed by atoms with Gasteiger partial charge in [0.05, 0.1) is 24.8 Å². The number of carbonyl (C=O) groups is 1. The summed E-state index contributed by atoms with van der Waals surface area (Å²) in [5.74, 6) is -0.0667. The Bertz CT molecular complexity index is 1470. The van der Waals surface area contributed by atoms with Gasteiger partial charge in [-0.3, -0.25) is 9.69 Å². The van der Waals surface area contributed by atoms with Crippen molar-refractivity contribution in [2.45, 2.75) is 64.3 Å². The predicted molar refractivity (Wildman–Crippen MR) is 173 cm³/mol. The maximum atomic E-state index is 14.1. The van der Waals surface area contributed by atoms with Crippen molar-refractivity contribution in [3.05, 3.63) is 118 Å². The van der Waals surface area contributed by atoms with Crippen LogP contribution in [-0.2, 0) is 33.7 Å². The van der Waals surface area contributed by atoms with Crippen LogP contribution in [0.15, 0.2) is 96.1 Å². The normalized spacial score (nSPS) is 22.2. The van der Waals surface area contributed by atoms with Gasteiger partial charge in [-0.2, -0.15) is 0 Å². The maximum Gasteiger partial charge on any atom is 0.254 e. The number of morpholine rings is 1. The minimum Gasteiger partial charge on any atom is -0.379 e. The monoisotopic (exact) mass is 577 g/mol. The molecule has 3 unspecified atom stereocenters. The molecule has 1 fully saturated rings. The van der Waals surface area contributed by atoms with Crippen LogP contribution >= 0.6 is 0 Å². The third-order valence-electron chi connectivity index (χ3n) is 9.09. The third-order valence-corrected chi connectivity index (χ3v) is 9.09. The zero-order valence-corrected chi connectivity index (χ0v) is 25.6. The highest BCUT2D eigenvalue weighted by Crippen LogP contribution is 2.52. The van der Waals surface area contributed by atoms with Crippen LogP contribution in [-0.4, -0.2) is 48.8 Å². The first-order valence-electron chi connectivity index (χ1n) is 15.8. The van der Waals surface area contributed by atoms with E-state index in [1.54, 1.807) is 0 Å². The van der Waals surface area contributed by atoms with Crippen molar-refractivity contribution in [1.82, 2.24) is 4.90 Å². The van der Waals surface area contributed by atoms with E-state index in [9.17, 15) is 4.79 Å². The predicted octanol–water partition coefficient (Wildman–Crippen LogP) is 6.85. The molecule has 3 aromatic rings. The first-order chi connectivity index (χ1) is 21.1. The smallest absolute Gasteiger partial charge is 0.254 e. The summed E-state index contributed by atoms with van der Waals surface area (Å²) in [4.78, 5) is 16.5. The van der Waals surface area contributed by atoms with Gasteiger partial charge in [-0.25, -0.2) is 0 Å². The molecule has 1 saturated heterocycles. The summed E-state index contributed by atoms with van der Waals surface area (Å²) in [5, 5.41) is 7.12. The molecular weight excluding hydrogens is 534 g/mol. The van der Waals surface area contributed by atoms with Crippen LogP contribution in [0.4, 0.5) is 11.4 Å². The zero-order chi connectivity index (χ0) is 29.8. The van der Waals surface area contributed by atoms with E-state index in [1.165, 1.54) is 5.56 Å². The van der Waals surface area contributed by atoms with Gasteiger partial charge < -0.3 is 20.1 Å². The molecule has 0 aromatic heterocycles. The molecule has 0 radical (unpaired) electrons. The van der Waals surface area contributed by atoms with E-state index in [0.29, 0.717) is 6.42 Å². The van der Waals surface area contributed by atoms with Crippen molar-refractivity contribution >= 4 is 17.3 Å². The van der Waals surface area contributed by atoms with Gasteiger partial charge in [0.1, 0.15) is 11.7 Å². The molecule has 0 saturated carbocycles. The zero-order valence-electron chi connectivity index (χ0n) is 25.6. The number of nitrogens with zero attached hydrogens (tertiary/aromatic N) is 1. The Kier molecular flexibility index (Phi) is 8.80. The lowest BCUT2D eigenvalue weighted by atomic mass is 9.77. The lowest BCUT2D eigenvalue weighted by molar-refractivity contribution is -0.113. The van der Waals surface area contributed by atoms with Gasteiger partial charge in [-0.05, 0) is 65.3 Å². The van der Waals surface area contributed by atoms with Gasteiger partial charge >= 0.3 is 0 Å².